The van der Waals surface area contributed by atoms with Gasteiger partial charge in [-0.15, -0.1) is 0 Å². The van der Waals surface area contributed by atoms with Gasteiger partial charge in [-0.3, -0.25) is 4.90 Å². The number of hydrogen-bond donors (Lipinski definition) is 1. The molecule has 1 N–H and O–H groups in total. The van der Waals surface area contributed by atoms with E-state index >= 15 is 0 Å². The van der Waals surface area contributed by atoms with Crippen molar-refractivity contribution in [3.63, 3.8) is 0 Å². The smallest absolute Gasteiger partial charge is 0.243 e. The average Bonchev–Trinajstić information content (AvgIpc) is 3.23. The third-order valence-corrected chi connectivity index (χ3v) is 7.77. The molecule has 8 nitrogen and oxygen atoms in total. The SMILES string of the molecule is COc1cc2c(cc1OC)CN(CCCNS(=O)(=O)c1c(C)ccc3nsnc13)CC2. The molecule has 0 fully saturated rings. The molecule has 1 aromatic heterocycles. The zero-order valence-electron chi connectivity index (χ0n) is 17.8. The number of methoxy groups -OCH3 is 2. The Morgan fingerprint density at radius 3 is 2.61 bits per heavy atom. The van der Waals surface area contributed by atoms with Crippen LogP contribution in [0.2, 0.25) is 0 Å². The van der Waals surface area contributed by atoms with Crippen LogP contribution in [0.25, 0.3) is 11.0 Å². The van der Waals surface area contributed by atoms with Crippen LogP contribution in [0.15, 0.2) is 29.2 Å². The third kappa shape index (κ3) is 4.52. The Hall–Kier alpha value is -2.27. The first-order valence-corrected chi connectivity index (χ1v) is 12.3. The molecule has 0 amide bonds. The number of benzene rings is 2. The van der Waals surface area contributed by atoms with Crippen molar-refractivity contribution in [1.29, 1.82) is 0 Å². The Morgan fingerprint density at radius 1 is 1.13 bits per heavy atom. The predicted octanol–water partition coefficient (Wildman–Crippen LogP) is 2.74. The highest BCUT2D eigenvalue weighted by molar-refractivity contribution is 7.89. The molecule has 0 saturated heterocycles. The first-order valence-electron chi connectivity index (χ1n) is 10.1. The number of aromatic nitrogens is 2. The van der Waals surface area contributed by atoms with Gasteiger partial charge in [-0.25, -0.2) is 13.1 Å². The van der Waals surface area contributed by atoms with Gasteiger partial charge in [-0.05, 0) is 61.2 Å². The summed E-state index contributed by atoms with van der Waals surface area (Å²) in [6, 6.07) is 7.66. The number of nitrogens with one attached hydrogen (secondary N) is 1. The quantitative estimate of drug-likeness (QED) is 0.515. The minimum Gasteiger partial charge on any atom is -0.493 e. The highest BCUT2D eigenvalue weighted by Gasteiger charge is 2.23. The summed E-state index contributed by atoms with van der Waals surface area (Å²) in [5.74, 6) is 1.49. The molecular formula is C21H26N4O4S2. The third-order valence-electron chi connectivity index (χ3n) is 5.59. The summed E-state index contributed by atoms with van der Waals surface area (Å²) in [7, 11) is -0.365. The van der Waals surface area contributed by atoms with Crippen molar-refractivity contribution < 1.29 is 17.9 Å². The topological polar surface area (TPSA) is 93.7 Å². The second-order valence-electron chi connectivity index (χ2n) is 7.60. The number of sulfonamides is 1. The number of aryl methyl sites for hydroxylation is 1. The van der Waals surface area contributed by atoms with Crippen LogP contribution in [0, 0.1) is 6.92 Å². The van der Waals surface area contributed by atoms with E-state index in [9.17, 15) is 8.42 Å². The standard InChI is InChI=1S/C21H26N4O4S2/c1-14-5-6-17-20(24-30-23-17)21(14)31(26,27)22-8-4-9-25-10-7-15-11-18(28-2)19(29-3)12-16(15)13-25/h5-6,11-12,22H,4,7-10,13H2,1-3H3. The molecule has 0 radical (unpaired) electrons. The van der Waals surface area contributed by atoms with E-state index in [-0.39, 0.29) is 4.90 Å². The molecule has 0 bridgehead atoms. The first-order chi connectivity index (χ1) is 14.9. The van der Waals surface area contributed by atoms with E-state index in [1.807, 2.05) is 6.07 Å². The van der Waals surface area contributed by atoms with Crippen LogP contribution in [0.4, 0.5) is 0 Å². The molecule has 1 aliphatic heterocycles. The second-order valence-corrected chi connectivity index (χ2v) is 9.83. The maximum absolute atomic E-state index is 12.9. The minimum atomic E-state index is -3.65. The van der Waals surface area contributed by atoms with Crippen molar-refractivity contribution in [3.8, 4) is 11.5 Å². The van der Waals surface area contributed by atoms with Gasteiger partial charge in [-0.1, -0.05) is 6.07 Å². The average molecular weight is 463 g/mol. The maximum Gasteiger partial charge on any atom is 0.243 e. The molecule has 1 aliphatic rings. The summed E-state index contributed by atoms with van der Waals surface area (Å²) in [5, 5.41) is 0. The van der Waals surface area contributed by atoms with E-state index in [4.69, 9.17) is 9.47 Å². The number of ether oxygens (including phenoxy) is 2. The van der Waals surface area contributed by atoms with Crippen LogP contribution in [-0.4, -0.2) is 55.9 Å². The van der Waals surface area contributed by atoms with E-state index in [1.165, 1.54) is 11.1 Å². The largest absolute Gasteiger partial charge is 0.493 e. The Labute approximate surface area is 186 Å². The molecule has 2 aromatic carbocycles. The van der Waals surface area contributed by atoms with Crippen molar-refractivity contribution in [2.45, 2.75) is 31.2 Å². The zero-order valence-corrected chi connectivity index (χ0v) is 19.5. The number of rotatable bonds is 8. The molecule has 31 heavy (non-hydrogen) atoms. The lowest BCUT2D eigenvalue weighted by Crippen LogP contribution is -2.34. The molecule has 0 saturated carbocycles. The second kappa shape index (κ2) is 9.07. The van der Waals surface area contributed by atoms with Gasteiger partial charge >= 0.3 is 0 Å². The van der Waals surface area contributed by atoms with Crippen molar-refractivity contribution >= 4 is 32.8 Å². The van der Waals surface area contributed by atoms with Crippen LogP contribution in [0.5, 0.6) is 11.5 Å². The molecule has 10 heteroatoms. The fourth-order valence-electron chi connectivity index (χ4n) is 3.98. The monoisotopic (exact) mass is 462 g/mol. The maximum atomic E-state index is 12.9. The lowest BCUT2D eigenvalue weighted by atomic mass is 9.98. The van der Waals surface area contributed by atoms with E-state index in [2.05, 4.69) is 24.4 Å². The molecule has 2 heterocycles. The van der Waals surface area contributed by atoms with Gasteiger partial charge in [-0.2, -0.15) is 8.75 Å². The Morgan fingerprint density at radius 2 is 1.87 bits per heavy atom. The van der Waals surface area contributed by atoms with Gasteiger partial charge < -0.3 is 9.47 Å². The summed E-state index contributed by atoms with van der Waals surface area (Å²) in [6.45, 7) is 4.69. The van der Waals surface area contributed by atoms with E-state index in [0.717, 1.165) is 49.3 Å². The van der Waals surface area contributed by atoms with Crippen molar-refractivity contribution in [1.82, 2.24) is 18.4 Å². The Bertz CT molecular complexity index is 1190. The highest BCUT2D eigenvalue weighted by atomic mass is 32.2. The van der Waals surface area contributed by atoms with Crippen LogP contribution in [-0.2, 0) is 23.0 Å². The van der Waals surface area contributed by atoms with Gasteiger partial charge in [0.25, 0.3) is 0 Å². The summed E-state index contributed by atoms with van der Waals surface area (Å²) < 4.78 is 47.7. The minimum absolute atomic E-state index is 0.228. The summed E-state index contributed by atoms with van der Waals surface area (Å²) in [5.41, 5.74) is 4.21. The van der Waals surface area contributed by atoms with Crippen LogP contribution in [0.1, 0.15) is 23.1 Å². The number of nitrogens with zero attached hydrogens (tertiary/aromatic N) is 3. The molecule has 3 aromatic rings. The van der Waals surface area contributed by atoms with Crippen molar-refractivity contribution in [2.75, 3.05) is 33.9 Å². The fourth-order valence-corrected chi connectivity index (χ4v) is 6.04. The lowest BCUT2D eigenvalue weighted by molar-refractivity contribution is 0.250. The van der Waals surface area contributed by atoms with Gasteiger partial charge in [0.15, 0.2) is 11.5 Å². The van der Waals surface area contributed by atoms with E-state index < -0.39 is 10.0 Å². The number of fused-ring (bicyclic) bond motifs is 2. The van der Waals surface area contributed by atoms with E-state index in [1.54, 1.807) is 33.3 Å². The van der Waals surface area contributed by atoms with Crippen molar-refractivity contribution in [3.05, 3.63) is 41.0 Å². The summed E-state index contributed by atoms with van der Waals surface area (Å²) in [4.78, 5) is 2.56. The van der Waals surface area contributed by atoms with Crippen LogP contribution >= 0.6 is 11.7 Å². The lowest BCUT2D eigenvalue weighted by Gasteiger charge is -2.29. The number of hydrogen-bond acceptors (Lipinski definition) is 8. The predicted molar refractivity (Wildman–Crippen MR) is 120 cm³/mol. The summed E-state index contributed by atoms with van der Waals surface area (Å²) >= 11 is 1.02. The molecule has 0 spiro atoms. The Kier molecular flexibility index (Phi) is 6.42. The van der Waals surface area contributed by atoms with Gasteiger partial charge in [0, 0.05) is 19.6 Å². The first kappa shape index (κ1) is 21.9. The molecule has 0 atom stereocenters. The molecule has 0 unspecified atom stereocenters. The van der Waals surface area contributed by atoms with Gasteiger partial charge in [0.1, 0.15) is 15.9 Å². The Balaban J connectivity index is 1.36. The highest BCUT2D eigenvalue weighted by Crippen LogP contribution is 2.33. The fraction of sp³-hybridized carbons (Fsp3) is 0.429. The van der Waals surface area contributed by atoms with E-state index in [0.29, 0.717) is 29.6 Å². The van der Waals surface area contributed by atoms with Crippen LogP contribution < -0.4 is 14.2 Å². The van der Waals surface area contributed by atoms with Gasteiger partial charge in [0.05, 0.1) is 25.9 Å². The van der Waals surface area contributed by atoms with Crippen molar-refractivity contribution in [2.24, 2.45) is 0 Å². The van der Waals surface area contributed by atoms with Crippen LogP contribution in [0.3, 0.4) is 0 Å². The molecular weight excluding hydrogens is 436 g/mol. The van der Waals surface area contributed by atoms with Gasteiger partial charge in [0.2, 0.25) is 10.0 Å². The summed E-state index contributed by atoms with van der Waals surface area (Å²) in [6.07, 6.45) is 1.64. The normalized spacial score (nSPS) is 14.5. The molecule has 4 rings (SSSR count). The molecule has 0 aliphatic carbocycles. The molecule has 166 valence electrons. The zero-order chi connectivity index (χ0) is 22.0.